The van der Waals surface area contributed by atoms with E-state index in [1.165, 1.54) is 0 Å². The molecule has 0 aromatic carbocycles. The molecule has 0 spiro atoms. The largest absolute Gasteiger partial charge is 0.370 e. The van der Waals surface area contributed by atoms with E-state index in [1.54, 1.807) is 16.2 Å². The highest BCUT2D eigenvalue weighted by atomic mass is 32.1. The molecule has 0 fully saturated rings. The Labute approximate surface area is 94.8 Å². The Morgan fingerprint density at radius 2 is 2.33 bits per heavy atom. The maximum atomic E-state index is 5.71. The van der Waals surface area contributed by atoms with Gasteiger partial charge in [-0.1, -0.05) is 6.92 Å². The molecule has 0 saturated heterocycles. The summed E-state index contributed by atoms with van der Waals surface area (Å²) in [5.74, 6) is 0.900. The molecule has 1 heterocycles. The second-order valence-electron chi connectivity index (χ2n) is 3.82. The number of aromatic nitrogens is 1. The minimum absolute atomic E-state index is 0.335. The highest BCUT2D eigenvalue weighted by Crippen LogP contribution is 2.19. The standard InChI is InChI=1S/C10H18N4S/c1-7(5-12-10(11)14(3)4)9-13-8(2)6-15-9/h6-7H,5H2,1-4H3,(H2,11,12). The Balaban J connectivity index is 2.57. The van der Waals surface area contributed by atoms with Gasteiger partial charge in [0.2, 0.25) is 0 Å². The first kappa shape index (κ1) is 12.0. The van der Waals surface area contributed by atoms with Crippen LogP contribution in [0.5, 0.6) is 0 Å². The van der Waals surface area contributed by atoms with Crippen molar-refractivity contribution in [3.8, 4) is 0 Å². The van der Waals surface area contributed by atoms with Crippen LogP contribution in [0.1, 0.15) is 23.5 Å². The molecule has 0 aliphatic heterocycles. The lowest BCUT2D eigenvalue weighted by atomic mass is 10.2. The molecule has 0 bridgehead atoms. The van der Waals surface area contributed by atoms with Crippen LogP contribution in [0.3, 0.4) is 0 Å². The van der Waals surface area contributed by atoms with Gasteiger partial charge in [0.05, 0.1) is 11.6 Å². The monoisotopic (exact) mass is 226 g/mol. The summed E-state index contributed by atoms with van der Waals surface area (Å²) >= 11 is 1.68. The molecule has 1 aromatic rings. The van der Waals surface area contributed by atoms with Crippen molar-refractivity contribution < 1.29 is 0 Å². The summed E-state index contributed by atoms with van der Waals surface area (Å²) in [5.41, 5.74) is 6.78. The third-order valence-electron chi connectivity index (χ3n) is 2.04. The van der Waals surface area contributed by atoms with E-state index in [1.807, 2.05) is 21.0 Å². The first-order valence-corrected chi connectivity index (χ1v) is 5.78. The SMILES string of the molecule is Cc1csc(C(C)CN=C(N)N(C)C)n1. The Morgan fingerprint density at radius 3 is 2.80 bits per heavy atom. The predicted octanol–water partition coefficient (Wildman–Crippen LogP) is 1.43. The van der Waals surface area contributed by atoms with Gasteiger partial charge in [-0.15, -0.1) is 11.3 Å². The third kappa shape index (κ3) is 3.51. The van der Waals surface area contributed by atoms with Crippen LogP contribution in [0.15, 0.2) is 10.4 Å². The first-order chi connectivity index (χ1) is 7.00. The van der Waals surface area contributed by atoms with E-state index in [-0.39, 0.29) is 0 Å². The van der Waals surface area contributed by atoms with E-state index in [2.05, 4.69) is 22.3 Å². The molecule has 84 valence electrons. The van der Waals surface area contributed by atoms with Crippen LogP contribution >= 0.6 is 11.3 Å². The molecule has 0 amide bonds. The van der Waals surface area contributed by atoms with Gasteiger partial charge in [-0.05, 0) is 6.92 Å². The Hall–Kier alpha value is -1.10. The van der Waals surface area contributed by atoms with Gasteiger partial charge >= 0.3 is 0 Å². The van der Waals surface area contributed by atoms with E-state index in [0.717, 1.165) is 10.7 Å². The zero-order chi connectivity index (χ0) is 11.4. The van der Waals surface area contributed by atoms with Crippen LogP contribution in [-0.2, 0) is 0 Å². The second kappa shape index (κ2) is 5.11. The molecule has 2 N–H and O–H groups in total. The fraction of sp³-hybridized carbons (Fsp3) is 0.600. The number of thiazole rings is 1. The molecule has 1 aromatic heterocycles. The molecule has 1 atom stereocenters. The molecule has 15 heavy (non-hydrogen) atoms. The van der Waals surface area contributed by atoms with Gasteiger partial charge in [-0.25, -0.2) is 4.98 Å². The highest BCUT2D eigenvalue weighted by Gasteiger charge is 2.08. The van der Waals surface area contributed by atoms with Crippen molar-refractivity contribution >= 4 is 17.3 Å². The molecule has 0 aliphatic rings. The van der Waals surface area contributed by atoms with Gasteiger partial charge in [-0.3, -0.25) is 4.99 Å². The van der Waals surface area contributed by atoms with Crippen molar-refractivity contribution in [3.05, 3.63) is 16.1 Å². The van der Waals surface area contributed by atoms with Crippen LogP contribution in [0.25, 0.3) is 0 Å². The van der Waals surface area contributed by atoms with Gasteiger partial charge in [-0.2, -0.15) is 0 Å². The average Bonchev–Trinajstić information content (AvgIpc) is 2.60. The van der Waals surface area contributed by atoms with Crippen LogP contribution < -0.4 is 5.73 Å². The second-order valence-corrected chi connectivity index (χ2v) is 4.71. The fourth-order valence-corrected chi connectivity index (χ4v) is 1.90. The van der Waals surface area contributed by atoms with Crippen molar-refractivity contribution in [3.63, 3.8) is 0 Å². The number of rotatable bonds is 3. The summed E-state index contributed by atoms with van der Waals surface area (Å²) in [5, 5.41) is 3.19. The van der Waals surface area contributed by atoms with Gasteiger partial charge in [0.15, 0.2) is 5.96 Å². The van der Waals surface area contributed by atoms with Crippen molar-refractivity contribution in [1.29, 1.82) is 0 Å². The number of nitrogens with zero attached hydrogens (tertiary/aromatic N) is 3. The minimum Gasteiger partial charge on any atom is -0.370 e. The zero-order valence-corrected chi connectivity index (χ0v) is 10.5. The summed E-state index contributed by atoms with van der Waals surface area (Å²) in [4.78, 5) is 10.5. The van der Waals surface area contributed by atoms with Crippen LogP contribution in [0.2, 0.25) is 0 Å². The molecule has 0 aliphatic carbocycles. The molecular formula is C10H18N4S. The lowest BCUT2D eigenvalue weighted by molar-refractivity contribution is 0.604. The summed E-state index contributed by atoms with van der Waals surface area (Å²) in [6, 6.07) is 0. The highest BCUT2D eigenvalue weighted by molar-refractivity contribution is 7.09. The van der Waals surface area contributed by atoms with E-state index in [4.69, 9.17) is 5.73 Å². The van der Waals surface area contributed by atoms with Gasteiger partial charge in [0.25, 0.3) is 0 Å². The lowest BCUT2D eigenvalue weighted by Gasteiger charge is -2.11. The van der Waals surface area contributed by atoms with E-state index in [0.29, 0.717) is 18.4 Å². The minimum atomic E-state index is 0.335. The Bertz CT molecular complexity index is 343. The van der Waals surface area contributed by atoms with Crippen molar-refractivity contribution in [1.82, 2.24) is 9.88 Å². The van der Waals surface area contributed by atoms with Crippen LogP contribution in [0, 0.1) is 6.92 Å². The maximum absolute atomic E-state index is 5.71. The molecule has 1 rings (SSSR count). The van der Waals surface area contributed by atoms with E-state index >= 15 is 0 Å². The third-order valence-corrected chi connectivity index (χ3v) is 3.24. The number of aliphatic imine (C=N–C) groups is 1. The fourth-order valence-electron chi connectivity index (χ4n) is 1.05. The average molecular weight is 226 g/mol. The van der Waals surface area contributed by atoms with E-state index < -0.39 is 0 Å². The normalized spacial score (nSPS) is 14.0. The van der Waals surface area contributed by atoms with Gasteiger partial charge in [0.1, 0.15) is 0 Å². The van der Waals surface area contributed by atoms with Crippen molar-refractivity contribution in [2.75, 3.05) is 20.6 Å². The number of nitrogens with two attached hydrogens (primary N) is 1. The number of guanidine groups is 1. The molecular weight excluding hydrogens is 208 g/mol. The Morgan fingerprint density at radius 1 is 1.67 bits per heavy atom. The van der Waals surface area contributed by atoms with Crippen molar-refractivity contribution in [2.45, 2.75) is 19.8 Å². The molecule has 0 saturated carbocycles. The maximum Gasteiger partial charge on any atom is 0.190 e. The molecule has 1 unspecified atom stereocenters. The smallest absolute Gasteiger partial charge is 0.190 e. The quantitative estimate of drug-likeness (QED) is 0.626. The van der Waals surface area contributed by atoms with Crippen LogP contribution in [-0.4, -0.2) is 36.5 Å². The van der Waals surface area contributed by atoms with Crippen molar-refractivity contribution in [2.24, 2.45) is 10.7 Å². The summed E-state index contributed by atoms with van der Waals surface area (Å²) < 4.78 is 0. The summed E-state index contributed by atoms with van der Waals surface area (Å²) in [7, 11) is 3.77. The van der Waals surface area contributed by atoms with Crippen LogP contribution in [0.4, 0.5) is 0 Å². The Kier molecular flexibility index (Phi) is 4.08. The molecule has 4 nitrogen and oxygen atoms in total. The summed E-state index contributed by atoms with van der Waals surface area (Å²) in [6.45, 7) is 4.81. The number of hydrogen-bond acceptors (Lipinski definition) is 3. The predicted molar refractivity (Wildman–Crippen MR) is 65.4 cm³/mol. The van der Waals surface area contributed by atoms with Gasteiger partial charge < -0.3 is 10.6 Å². The number of hydrogen-bond donors (Lipinski definition) is 1. The topological polar surface area (TPSA) is 54.5 Å². The number of aryl methyl sites for hydroxylation is 1. The lowest BCUT2D eigenvalue weighted by Crippen LogP contribution is -2.30. The summed E-state index contributed by atoms with van der Waals surface area (Å²) in [6.07, 6.45) is 0. The zero-order valence-electron chi connectivity index (χ0n) is 9.69. The molecule has 5 heteroatoms. The van der Waals surface area contributed by atoms with E-state index in [9.17, 15) is 0 Å². The first-order valence-electron chi connectivity index (χ1n) is 4.90. The van der Waals surface area contributed by atoms with Gasteiger partial charge in [0, 0.05) is 31.1 Å². The molecule has 0 radical (unpaired) electrons.